The van der Waals surface area contributed by atoms with Gasteiger partial charge in [-0.2, -0.15) is 0 Å². The zero-order chi connectivity index (χ0) is 15.0. The lowest BCUT2D eigenvalue weighted by Gasteiger charge is -2.04. The van der Waals surface area contributed by atoms with Gasteiger partial charge in [-0.15, -0.1) is 0 Å². The fraction of sp³-hybridized carbons (Fsp3) is 0. The molecule has 0 radical (unpaired) electrons. The van der Waals surface area contributed by atoms with Crippen LogP contribution in [-0.4, -0.2) is 34.7 Å². The molecule has 3 rings (SSSR count). The normalized spacial score (nSPS) is 10.9. The molecular weight excluding hydrogens is 278 g/mol. The van der Waals surface area contributed by atoms with E-state index in [1.807, 2.05) is 0 Å². The van der Waals surface area contributed by atoms with Gasteiger partial charge in [0, 0.05) is 10.8 Å². The highest BCUT2D eigenvalue weighted by Crippen LogP contribution is 2.38. The summed E-state index contributed by atoms with van der Waals surface area (Å²) in [7, 11) is -3.95. The van der Waals surface area contributed by atoms with Crippen LogP contribution < -0.4 is 9.31 Å². The van der Waals surface area contributed by atoms with E-state index in [9.17, 15) is 0 Å². The molecule has 0 spiro atoms. The van der Waals surface area contributed by atoms with Gasteiger partial charge >= 0.3 is 14.6 Å². The zero-order valence-corrected chi connectivity index (χ0v) is 10.6. The van der Waals surface area contributed by atoms with Crippen LogP contribution in [0.15, 0.2) is 40.8 Å². The number of rotatable bonds is 4. The van der Waals surface area contributed by atoms with Crippen LogP contribution in [0, 0.1) is 0 Å². The highest BCUT2D eigenvalue weighted by molar-refractivity contribution is 6.34. The monoisotopic (exact) mass is 288 g/mol. The van der Waals surface area contributed by atoms with Crippen molar-refractivity contribution in [1.29, 1.82) is 0 Å². The first-order chi connectivity index (χ1) is 10.1. The molecule has 21 heavy (non-hydrogen) atoms. The second-order valence-corrected chi connectivity index (χ2v) is 4.26. The van der Waals surface area contributed by atoms with Gasteiger partial charge in [-0.25, -0.2) is 0 Å². The molecule has 0 bridgehead atoms. The summed E-state index contributed by atoms with van der Waals surface area (Å²) < 4.78 is 15.3. The van der Waals surface area contributed by atoms with Crippen molar-refractivity contribution in [3.8, 4) is 11.5 Å². The SMILES string of the molecule is OB(O)Oc1cccc2c1oc1c(OB(O)O)cccc12. The van der Waals surface area contributed by atoms with Gasteiger partial charge < -0.3 is 33.8 Å². The van der Waals surface area contributed by atoms with Crippen molar-refractivity contribution in [3.05, 3.63) is 36.4 Å². The molecule has 0 saturated carbocycles. The zero-order valence-electron chi connectivity index (χ0n) is 10.6. The van der Waals surface area contributed by atoms with Crippen LogP contribution in [0.4, 0.5) is 0 Å². The maximum Gasteiger partial charge on any atom is 0.707 e. The molecule has 0 atom stereocenters. The summed E-state index contributed by atoms with van der Waals surface area (Å²) in [5.41, 5.74) is 0.591. The molecule has 1 aromatic heterocycles. The van der Waals surface area contributed by atoms with E-state index < -0.39 is 14.6 Å². The Morgan fingerprint density at radius 3 is 1.52 bits per heavy atom. The number of para-hydroxylation sites is 2. The molecule has 7 nitrogen and oxygen atoms in total. The van der Waals surface area contributed by atoms with Crippen LogP contribution >= 0.6 is 0 Å². The molecule has 0 aliphatic heterocycles. The quantitative estimate of drug-likeness (QED) is 0.510. The van der Waals surface area contributed by atoms with Crippen LogP contribution in [-0.2, 0) is 0 Å². The molecule has 3 aromatic rings. The molecule has 0 aliphatic rings. The van der Waals surface area contributed by atoms with Crippen molar-refractivity contribution < 1.29 is 33.8 Å². The van der Waals surface area contributed by atoms with Crippen molar-refractivity contribution >= 4 is 36.6 Å². The van der Waals surface area contributed by atoms with Crippen LogP contribution in [0.3, 0.4) is 0 Å². The average molecular weight is 288 g/mol. The van der Waals surface area contributed by atoms with E-state index in [2.05, 4.69) is 0 Å². The summed E-state index contributed by atoms with van der Waals surface area (Å²) in [6.07, 6.45) is 0. The highest BCUT2D eigenvalue weighted by atomic mass is 16.6. The Hall–Kier alpha value is -2.19. The fourth-order valence-electron chi connectivity index (χ4n) is 2.18. The Labute approximate surface area is 119 Å². The smallest absolute Gasteiger partial charge is 0.509 e. The third kappa shape index (κ3) is 2.55. The summed E-state index contributed by atoms with van der Waals surface area (Å²) >= 11 is 0. The molecule has 0 fully saturated rings. The van der Waals surface area contributed by atoms with E-state index in [1.165, 1.54) is 12.1 Å². The van der Waals surface area contributed by atoms with Crippen molar-refractivity contribution in [2.75, 3.05) is 0 Å². The minimum atomic E-state index is -1.97. The summed E-state index contributed by atoms with van der Waals surface area (Å²) in [4.78, 5) is 0. The Balaban J connectivity index is 2.23. The molecule has 1 heterocycles. The topological polar surface area (TPSA) is 113 Å². The highest BCUT2D eigenvalue weighted by Gasteiger charge is 2.20. The Kier molecular flexibility index (Phi) is 3.48. The van der Waals surface area contributed by atoms with E-state index >= 15 is 0 Å². The predicted octanol–water partition coefficient (Wildman–Crippen LogP) is 0.283. The molecule has 4 N–H and O–H groups in total. The van der Waals surface area contributed by atoms with E-state index in [1.54, 1.807) is 24.3 Å². The summed E-state index contributed by atoms with van der Waals surface area (Å²) in [6, 6.07) is 9.90. The van der Waals surface area contributed by atoms with Gasteiger partial charge in [0.25, 0.3) is 0 Å². The van der Waals surface area contributed by atoms with E-state index in [0.717, 1.165) is 0 Å². The van der Waals surface area contributed by atoms with Crippen molar-refractivity contribution in [2.45, 2.75) is 0 Å². The second kappa shape index (κ2) is 5.30. The van der Waals surface area contributed by atoms with Crippen molar-refractivity contribution in [2.24, 2.45) is 0 Å². The first-order valence-corrected chi connectivity index (χ1v) is 6.06. The standard InChI is InChI=1S/C12H10B2O7/c15-13(16)20-9-5-1-3-7-8-4-2-6-10(21-14(17)18)12(8)19-11(7)9/h1-6,15-18H. The Morgan fingerprint density at radius 2 is 1.14 bits per heavy atom. The van der Waals surface area contributed by atoms with Crippen molar-refractivity contribution in [3.63, 3.8) is 0 Å². The lowest BCUT2D eigenvalue weighted by atomic mass is 10.1. The summed E-state index contributed by atoms with van der Waals surface area (Å²) in [5.74, 6) is 0.295. The van der Waals surface area contributed by atoms with Crippen LogP contribution in [0.25, 0.3) is 21.9 Å². The fourth-order valence-corrected chi connectivity index (χ4v) is 2.18. The third-order valence-corrected chi connectivity index (χ3v) is 2.92. The van der Waals surface area contributed by atoms with Crippen molar-refractivity contribution in [1.82, 2.24) is 0 Å². The predicted molar refractivity (Wildman–Crippen MR) is 75.4 cm³/mol. The molecule has 0 aliphatic carbocycles. The van der Waals surface area contributed by atoms with Gasteiger partial charge in [0.2, 0.25) is 0 Å². The van der Waals surface area contributed by atoms with Crippen LogP contribution in [0.2, 0.25) is 0 Å². The minimum absolute atomic E-state index is 0.147. The van der Waals surface area contributed by atoms with Gasteiger partial charge in [0.05, 0.1) is 0 Å². The molecule has 0 unspecified atom stereocenters. The van der Waals surface area contributed by atoms with Gasteiger partial charge in [-0.05, 0) is 12.1 Å². The molecule has 0 saturated heterocycles. The Bertz CT molecular complexity index is 719. The maximum absolute atomic E-state index is 8.91. The van der Waals surface area contributed by atoms with Crippen LogP contribution in [0.1, 0.15) is 0 Å². The van der Waals surface area contributed by atoms with E-state index in [-0.39, 0.29) is 11.5 Å². The van der Waals surface area contributed by atoms with Crippen LogP contribution in [0.5, 0.6) is 11.5 Å². The summed E-state index contributed by atoms with van der Waals surface area (Å²) in [6.45, 7) is 0. The number of benzene rings is 2. The second-order valence-electron chi connectivity index (χ2n) is 4.26. The maximum atomic E-state index is 8.91. The summed E-state index contributed by atoms with van der Waals surface area (Å²) in [5, 5.41) is 37.0. The lowest BCUT2D eigenvalue weighted by Crippen LogP contribution is -2.20. The number of furan rings is 1. The first kappa shape index (κ1) is 13.8. The van der Waals surface area contributed by atoms with Gasteiger partial charge in [0.15, 0.2) is 11.2 Å². The van der Waals surface area contributed by atoms with E-state index in [4.69, 9.17) is 33.8 Å². The van der Waals surface area contributed by atoms with Gasteiger partial charge in [-0.1, -0.05) is 24.3 Å². The molecule has 9 heteroatoms. The van der Waals surface area contributed by atoms with Gasteiger partial charge in [-0.3, -0.25) is 0 Å². The number of hydrogen-bond donors (Lipinski definition) is 4. The van der Waals surface area contributed by atoms with E-state index in [0.29, 0.717) is 21.9 Å². The number of hydrogen-bond acceptors (Lipinski definition) is 7. The molecule has 2 aromatic carbocycles. The Morgan fingerprint density at radius 1 is 0.714 bits per heavy atom. The molecular formula is C12H10B2O7. The van der Waals surface area contributed by atoms with Gasteiger partial charge in [0.1, 0.15) is 11.5 Å². The largest absolute Gasteiger partial charge is 0.707 e. The average Bonchev–Trinajstić information content (AvgIpc) is 2.79. The lowest BCUT2D eigenvalue weighted by molar-refractivity contribution is 0.287. The molecule has 0 amide bonds. The number of fused-ring (bicyclic) bond motifs is 3. The minimum Gasteiger partial charge on any atom is -0.509 e. The molecule has 106 valence electrons. The third-order valence-electron chi connectivity index (χ3n) is 2.92. The first-order valence-electron chi connectivity index (χ1n) is 6.06.